The quantitative estimate of drug-likeness (QED) is 0.484. The molecule has 1 amide bonds. The Hall–Kier alpha value is -1.10. The SMILES string of the molecule is CCCC[C@@H]1N[C@H](C(=O)N[C@H]2CO[C@H]3[C@@H]2OC[C@@H]3O[N+](=O)[O-])CS1. The summed E-state index contributed by atoms with van der Waals surface area (Å²) in [6, 6.07) is -0.521. The van der Waals surface area contributed by atoms with E-state index in [-0.39, 0.29) is 31.2 Å². The molecular formula is C14H23N3O6S. The molecule has 3 fully saturated rings. The number of unbranched alkanes of at least 4 members (excludes halogenated alkanes) is 1. The van der Waals surface area contributed by atoms with Gasteiger partial charge >= 0.3 is 0 Å². The first-order valence-corrected chi connectivity index (χ1v) is 9.35. The van der Waals surface area contributed by atoms with Crippen molar-refractivity contribution in [1.82, 2.24) is 10.6 Å². The molecule has 0 radical (unpaired) electrons. The van der Waals surface area contributed by atoms with Gasteiger partial charge in [-0.2, -0.15) is 0 Å². The molecule has 0 aliphatic carbocycles. The first-order valence-electron chi connectivity index (χ1n) is 8.31. The van der Waals surface area contributed by atoms with Crippen molar-refractivity contribution >= 4 is 17.7 Å². The van der Waals surface area contributed by atoms with Gasteiger partial charge in [-0.3, -0.25) is 10.1 Å². The second-order valence-corrected chi connectivity index (χ2v) is 7.50. The number of hydrogen-bond acceptors (Lipinski definition) is 8. The fraction of sp³-hybridized carbons (Fsp3) is 0.929. The molecule has 9 nitrogen and oxygen atoms in total. The van der Waals surface area contributed by atoms with Crippen molar-refractivity contribution in [1.29, 1.82) is 0 Å². The van der Waals surface area contributed by atoms with Gasteiger partial charge in [0.1, 0.15) is 12.2 Å². The van der Waals surface area contributed by atoms with E-state index in [2.05, 4.69) is 22.4 Å². The van der Waals surface area contributed by atoms with Crippen molar-refractivity contribution in [3.63, 3.8) is 0 Å². The molecule has 2 N–H and O–H groups in total. The zero-order valence-electron chi connectivity index (χ0n) is 13.5. The van der Waals surface area contributed by atoms with Crippen LogP contribution in [-0.4, -0.2) is 65.7 Å². The van der Waals surface area contributed by atoms with Gasteiger partial charge in [-0.1, -0.05) is 19.8 Å². The largest absolute Gasteiger partial charge is 0.371 e. The second kappa shape index (κ2) is 7.85. The molecule has 0 unspecified atom stereocenters. The van der Waals surface area contributed by atoms with Gasteiger partial charge in [-0.05, 0) is 6.42 Å². The number of ether oxygens (including phenoxy) is 2. The molecule has 0 aromatic carbocycles. The summed E-state index contributed by atoms with van der Waals surface area (Å²) in [6.45, 7) is 2.52. The van der Waals surface area contributed by atoms with E-state index in [4.69, 9.17) is 9.47 Å². The summed E-state index contributed by atoms with van der Waals surface area (Å²) >= 11 is 1.77. The summed E-state index contributed by atoms with van der Waals surface area (Å²) in [5, 5.41) is 16.3. The first kappa shape index (κ1) is 17.7. The molecular weight excluding hydrogens is 338 g/mol. The van der Waals surface area contributed by atoms with Gasteiger partial charge < -0.3 is 19.6 Å². The molecule has 3 rings (SSSR count). The van der Waals surface area contributed by atoms with E-state index in [1.165, 1.54) is 0 Å². The van der Waals surface area contributed by atoms with Crippen LogP contribution in [-0.2, 0) is 19.1 Å². The van der Waals surface area contributed by atoms with Gasteiger partial charge in [-0.25, -0.2) is 0 Å². The monoisotopic (exact) mass is 361 g/mol. The van der Waals surface area contributed by atoms with Crippen molar-refractivity contribution in [3.8, 4) is 0 Å². The summed E-state index contributed by atoms with van der Waals surface area (Å²) in [7, 11) is 0. The lowest BCUT2D eigenvalue weighted by molar-refractivity contribution is -0.769. The van der Waals surface area contributed by atoms with Crippen molar-refractivity contribution in [2.24, 2.45) is 0 Å². The highest BCUT2D eigenvalue weighted by molar-refractivity contribution is 8.00. The first-order chi connectivity index (χ1) is 11.6. The highest BCUT2D eigenvalue weighted by Gasteiger charge is 2.50. The smallest absolute Gasteiger partial charge is 0.294 e. The van der Waals surface area contributed by atoms with Crippen molar-refractivity contribution in [2.75, 3.05) is 19.0 Å². The van der Waals surface area contributed by atoms with Crippen LogP contribution in [0.2, 0.25) is 0 Å². The molecule has 3 heterocycles. The summed E-state index contributed by atoms with van der Waals surface area (Å²) in [5.74, 6) is 0.675. The van der Waals surface area contributed by atoms with Crippen LogP contribution in [0.1, 0.15) is 26.2 Å². The van der Waals surface area contributed by atoms with E-state index in [9.17, 15) is 14.9 Å². The highest BCUT2D eigenvalue weighted by atomic mass is 32.2. The summed E-state index contributed by atoms with van der Waals surface area (Å²) < 4.78 is 11.1. The van der Waals surface area contributed by atoms with Crippen LogP contribution in [0.3, 0.4) is 0 Å². The molecule has 24 heavy (non-hydrogen) atoms. The Morgan fingerprint density at radius 3 is 2.96 bits per heavy atom. The van der Waals surface area contributed by atoms with Gasteiger partial charge in [-0.15, -0.1) is 21.9 Å². The van der Waals surface area contributed by atoms with Crippen LogP contribution >= 0.6 is 11.8 Å². The zero-order valence-corrected chi connectivity index (χ0v) is 14.3. The molecule has 0 spiro atoms. The van der Waals surface area contributed by atoms with E-state index < -0.39 is 23.4 Å². The lowest BCUT2D eigenvalue weighted by Gasteiger charge is -2.20. The predicted molar refractivity (Wildman–Crippen MR) is 86.0 cm³/mol. The average Bonchev–Trinajstić information content (AvgIpc) is 3.24. The summed E-state index contributed by atoms with van der Waals surface area (Å²) in [5.41, 5.74) is 0. The Bertz CT molecular complexity index is 481. The number of nitrogens with one attached hydrogen (secondary N) is 2. The highest BCUT2D eigenvalue weighted by Crippen LogP contribution is 2.29. The van der Waals surface area contributed by atoms with Crippen LogP contribution in [0.4, 0.5) is 0 Å². The lowest BCUT2D eigenvalue weighted by atomic mass is 10.1. The van der Waals surface area contributed by atoms with Crippen molar-refractivity contribution in [3.05, 3.63) is 10.1 Å². The minimum atomic E-state index is -0.832. The number of thioether (sulfide) groups is 1. The zero-order chi connectivity index (χ0) is 17.1. The Labute approximate surface area is 144 Å². The molecule has 10 heteroatoms. The van der Waals surface area contributed by atoms with Crippen molar-refractivity contribution < 1.29 is 24.2 Å². The fourth-order valence-electron chi connectivity index (χ4n) is 3.31. The number of fused-ring (bicyclic) bond motifs is 1. The number of amides is 1. The predicted octanol–water partition coefficient (Wildman–Crippen LogP) is 0.0670. The Morgan fingerprint density at radius 2 is 2.21 bits per heavy atom. The van der Waals surface area contributed by atoms with Crippen LogP contribution < -0.4 is 10.6 Å². The molecule has 136 valence electrons. The third-order valence-corrected chi connectivity index (χ3v) is 5.84. The molecule has 0 aromatic rings. The maximum Gasteiger partial charge on any atom is 0.294 e. The number of rotatable bonds is 7. The fourth-order valence-corrected chi connectivity index (χ4v) is 4.58. The lowest BCUT2D eigenvalue weighted by Crippen LogP contribution is -2.51. The van der Waals surface area contributed by atoms with Gasteiger partial charge in [0.15, 0.2) is 6.10 Å². The van der Waals surface area contributed by atoms with Gasteiger partial charge in [0.2, 0.25) is 5.91 Å². The van der Waals surface area contributed by atoms with Gasteiger partial charge in [0.05, 0.1) is 30.7 Å². The number of carbonyl (C=O) groups is 1. The molecule has 3 aliphatic rings. The average molecular weight is 361 g/mol. The van der Waals surface area contributed by atoms with E-state index >= 15 is 0 Å². The molecule has 0 bridgehead atoms. The van der Waals surface area contributed by atoms with Crippen LogP contribution in [0.15, 0.2) is 0 Å². The second-order valence-electron chi connectivity index (χ2n) is 6.26. The van der Waals surface area contributed by atoms with E-state index in [1.54, 1.807) is 11.8 Å². The standard InChI is InChI=1S/C14H23N3O6S/c1-2-3-4-11-15-9(7-24-11)14(18)16-8-5-21-13-10(23-17(19)20)6-22-12(8)13/h8-13,15H,2-7H2,1H3,(H,16,18)/t8-,9-,10-,11+,12+,13+/m0/s1. The van der Waals surface area contributed by atoms with Crippen LogP contribution in [0.5, 0.6) is 0 Å². The Morgan fingerprint density at radius 1 is 1.42 bits per heavy atom. The van der Waals surface area contributed by atoms with E-state index in [1.807, 2.05) is 0 Å². The van der Waals surface area contributed by atoms with Crippen LogP contribution in [0.25, 0.3) is 0 Å². The minimum Gasteiger partial charge on any atom is -0.371 e. The third kappa shape index (κ3) is 3.93. The number of nitrogens with zero attached hydrogens (tertiary/aromatic N) is 1. The topological polar surface area (TPSA) is 112 Å². The minimum absolute atomic E-state index is 0.0713. The maximum atomic E-state index is 12.4. The Kier molecular flexibility index (Phi) is 5.80. The van der Waals surface area contributed by atoms with E-state index in [0.717, 1.165) is 25.0 Å². The normalized spacial score (nSPS) is 38.0. The van der Waals surface area contributed by atoms with Crippen LogP contribution in [0, 0.1) is 10.1 Å². The number of hydrogen-bond donors (Lipinski definition) is 2. The number of carbonyl (C=O) groups excluding carboxylic acids is 1. The van der Waals surface area contributed by atoms with E-state index in [0.29, 0.717) is 5.37 Å². The molecule has 3 saturated heterocycles. The molecule has 6 atom stereocenters. The maximum absolute atomic E-state index is 12.4. The summed E-state index contributed by atoms with van der Waals surface area (Å²) in [6.07, 6.45) is 1.71. The molecule has 3 aliphatic heterocycles. The molecule has 0 saturated carbocycles. The molecule has 0 aromatic heterocycles. The third-order valence-electron chi connectivity index (χ3n) is 4.54. The summed E-state index contributed by atoms with van der Waals surface area (Å²) in [4.78, 5) is 27.5. The Balaban J connectivity index is 1.47. The van der Waals surface area contributed by atoms with Crippen molar-refractivity contribution in [2.45, 2.75) is 62.0 Å². The van der Waals surface area contributed by atoms with Gasteiger partial charge in [0, 0.05) is 5.75 Å². The van der Waals surface area contributed by atoms with Gasteiger partial charge in [0.25, 0.3) is 5.09 Å².